The summed E-state index contributed by atoms with van der Waals surface area (Å²) in [4.78, 5) is 17.2. The van der Waals surface area contributed by atoms with E-state index in [4.69, 9.17) is 40.2 Å². The number of halogens is 2. The highest BCUT2D eigenvalue weighted by Crippen LogP contribution is 2.33. The third kappa shape index (κ3) is 4.31. The number of nitrogens with zero attached hydrogens (tertiary/aromatic N) is 2. The number of rotatable bonds is 4. The second-order valence-electron chi connectivity index (χ2n) is 5.46. The minimum absolute atomic E-state index is 0.0515. The molecule has 24 heavy (non-hydrogen) atoms. The number of morpholine rings is 1. The molecule has 4 nitrogen and oxygen atoms in total. The lowest BCUT2D eigenvalue weighted by Crippen LogP contribution is -2.42. The van der Waals surface area contributed by atoms with Gasteiger partial charge in [0.15, 0.2) is 0 Å². The van der Waals surface area contributed by atoms with Gasteiger partial charge in [-0.3, -0.25) is 14.6 Å². The van der Waals surface area contributed by atoms with Crippen LogP contribution in [0.5, 0.6) is 0 Å². The molecule has 1 amide bonds. The zero-order chi connectivity index (χ0) is 17.1. The minimum atomic E-state index is -0.0515. The van der Waals surface area contributed by atoms with Crippen molar-refractivity contribution in [2.45, 2.75) is 0 Å². The van der Waals surface area contributed by atoms with Crippen molar-refractivity contribution in [3.8, 4) is 0 Å². The molecule has 0 radical (unpaired) electrons. The number of thioether (sulfide) groups is 1. The van der Waals surface area contributed by atoms with Gasteiger partial charge in [0.2, 0.25) is 0 Å². The Kier molecular flexibility index (Phi) is 6.18. The van der Waals surface area contributed by atoms with Gasteiger partial charge in [0.25, 0.3) is 5.91 Å². The molecule has 0 bridgehead atoms. The van der Waals surface area contributed by atoms with Gasteiger partial charge in [-0.2, -0.15) is 0 Å². The minimum Gasteiger partial charge on any atom is -0.379 e. The summed E-state index contributed by atoms with van der Waals surface area (Å²) < 4.78 is 5.93. The Balaban J connectivity index is 1.66. The zero-order valence-corrected chi connectivity index (χ0v) is 16.0. The first-order valence-corrected chi connectivity index (χ1v) is 9.53. The maximum atomic E-state index is 12.6. The maximum absolute atomic E-state index is 12.6. The molecule has 0 atom stereocenters. The number of thiocarbonyl (C=S) groups is 1. The van der Waals surface area contributed by atoms with Gasteiger partial charge in [0.05, 0.1) is 28.2 Å². The zero-order valence-electron chi connectivity index (χ0n) is 12.8. The van der Waals surface area contributed by atoms with E-state index < -0.39 is 0 Å². The van der Waals surface area contributed by atoms with Crippen molar-refractivity contribution in [3.05, 3.63) is 38.7 Å². The predicted octanol–water partition coefficient (Wildman–Crippen LogP) is 3.53. The molecule has 1 aromatic carbocycles. The van der Waals surface area contributed by atoms with Crippen LogP contribution in [0, 0.1) is 0 Å². The van der Waals surface area contributed by atoms with Crippen molar-refractivity contribution >= 4 is 63.5 Å². The number of hydrogen-bond acceptors (Lipinski definition) is 5. The summed E-state index contributed by atoms with van der Waals surface area (Å²) in [6.45, 7) is 4.69. The van der Waals surface area contributed by atoms with Gasteiger partial charge >= 0.3 is 0 Å². The molecule has 8 heteroatoms. The normalized spacial score (nSPS) is 21.1. The Morgan fingerprint density at radius 1 is 1.21 bits per heavy atom. The predicted molar refractivity (Wildman–Crippen MR) is 104 cm³/mol. The van der Waals surface area contributed by atoms with Crippen LogP contribution >= 0.6 is 47.2 Å². The Hall–Kier alpha value is -0.630. The Bertz CT molecular complexity index is 691. The van der Waals surface area contributed by atoms with Crippen LogP contribution in [0.1, 0.15) is 5.56 Å². The topological polar surface area (TPSA) is 32.8 Å². The van der Waals surface area contributed by atoms with E-state index in [2.05, 4.69) is 4.90 Å². The average Bonchev–Trinajstić information content (AvgIpc) is 2.84. The van der Waals surface area contributed by atoms with Gasteiger partial charge in [-0.05, 0) is 23.8 Å². The molecule has 2 aliphatic rings. The number of amides is 1. The Morgan fingerprint density at radius 2 is 1.96 bits per heavy atom. The lowest BCUT2D eigenvalue weighted by atomic mass is 10.2. The molecule has 0 unspecified atom stereocenters. The van der Waals surface area contributed by atoms with Crippen molar-refractivity contribution in [1.82, 2.24) is 9.80 Å². The van der Waals surface area contributed by atoms with Crippen LogP contribution < -0.4 is 0 Å². The molecule has 2 fully saturated rings. The van der Waals surface area contributed by atoms with Crippen LogP contribution in [0.25, 0.3) is 6.08 Å². The van der Waals surface area contributed by atoms with Crippen LogP contribution in [0.15, 0.2) is 23.1 Å². The fourth-order valence-electron chi connectivity index (χ4n) is 2.51. The lowest BCUT2D eigenvalue weighted by molar-refractivity contribution is -0.122. The molecule has 0 aromatic heterocycles. The molecule has 1 aromatic rings. The van der Waals surface area contributed by atoms with E-state index in [-0.39, 0.29) is 5.91 Å². The molecule has 0 aliphatic carbocycles. The van der Waals surface area contributed by atoms with Crippen LogP contribution in [0.2, 0.25) is 10.0 Å². The molecule has 2 aliphatic heterocycles. The summed E-state index contributed by atoms with van der Waals surface area (Å²) >= 11 is 18.6. The quantitative estimate of drug-likeness (QED) is 0.568. The van der Waals surface area contributed by atoms with E-state index in [1.165, 1.54) is 11.8 Å². The van der Waals surface area contributed by atoms with Crippen molar-refractivity contribution in [2.75, 3.05) is 39.4 Å². The number of carbonyl (C=O) groups is 1. The second kappa shape index (κ2) is 8.17. The SMILES string of the molecule is O=C1C(=Cc2ccc(Cl)c(Cl)c2)SC(=S)N1CCN1CCOCC1. The summed E-state index contributed by atoms with van der Waals surface area (Å²) in [6.07, 6.45) is 1.80. The van der Waals surface area contributed by atoms with Gasteiger partial charge in [-0.25, -0.2) is 0 Å². The molecule has 2 saturated heterocycles. The number of ether oxygens (including phenoxy) is 1. The van der Waals surface area contributed by atoms with E-state index in [0.29, 0.717) is 25.8 Å². The molecule has 0 spiro atoms. The van der Waals surface area contributed by atoms with E-state index in [1.54, 1.807) is 23.1 Å². The second-order valence-corrected chi connectivity index (χ2v) is 7.95. The third-order valence-corrected chi connectivity index (χ3v) is 5.98. The van der Waals surface area contributed by atoms with Gasteiger partial charge < -0.3 is 4.74 Å². The first-order valence-electron chi connectivity index (χ1n) is 7.55. The first-order chi connectivity index (χ1) is 11.5. The van der Waals surface area contributed by atoms with E-state index in [0.717, 1.165) is 38.4 Å². The highest BCUT2D eigenvalue weighted by atomic mass is 35.5. The highest BCUT2D eigenvalue weighted by Gasteiger charge is 2.32. The van der Waals surface area contributed by atoms with Gasteiger partial charge in [-0.1, -0.05) is 53.2 Å². The number of hydrogen-bond donors (Lipinski definition) is 0. The van der Waals surface area contributed by atoms with Gasteiger partial charge in [0, 0.05) is 26.2 Å². The number of carbonyl (C=O) groups excluding carboxylic acids is 1. The fraction of sp³-hybridized carbons (Fsp3) is 0.375. The van der Waals surface area contributed by atoms with Crippen LogP contribution in [-0.4, -0.2) is 59.4 Å². The van der Waals surface area contributed by atoms with Crippen molar-refractivity contribution < 1.29 is 9.53 Å². The molecule has 0 N–H and O–H groups in total. The summed E-state index contributed by atoms with van der Waals surface area (Å²) in [5, 5.41) is 0.958. The molecular weight excluding hydrogens is 387 g/mol. The van der Waals surface area contributed by atoms with E-state index in [1.807, 2.05) is 6.07 Å². The van der Waals surface area contributed by atoms with Gasteiger partial charge in [-0.15, -0.1) is 0 Å². The highest BCUT2D eigenvalue weighted by molar-refractivity contribution is 8.26. The Labute approximate surface area is 160 Å². The van der Waals surface area contributed by atoms with Crippen LogP contribution in [0.3, 0.4) is 0 Å². The van der Waals surface area contributed by atoms with Crippen molar-refractivity contribution in [3.63, 3.8) is 0 Å². The lowest BCUT2D eigenvalue weighted by Gasteiger charge is -2.28. The molecule has 0 saturated carbocycles. The van der Waals surface area contributed by atoms with Crippen LogP contribution in [-0.2, 0) is 9.53 Å². The molecule has 128 valence electrons. The molecule has 2 heterocycles. The molecule has 3 rings (SSSR count). The maximum Gasteiger partial charge on any atom is 0.266 e. The first kappa shape index (κ1) is 18.2. The third-order valence-electron chi connectivity index (χ3n) is 3.86. The Morgan fingerprint density at radius 3 is 2.67 bits per heavy atom. The van der Waals surface area contributed by atoms with Crippen molar-refractivity contribution in [1.29, 1.82) is 0 Å². The monoisotopic (exact) mass is 402 g/mol. The van der Waals surface area contributed by atoms with Crippen molar-refractivity contribution in [2.24, 2.45) is 0 Å². The average molecular weight is 403 g/mol. The summed E-state index contributed by atoms with van der Waals surface area (Å²) in [5.74, 6) is -0.0515. The summed E-state index contributed by atoms with van der Waals surface area (Å²) in [7, 11) is 0. The summed E-state index contributed by atoms with van der Waals surface area (Å²) in [5.41, 5.74) is 0.832. The van der Waals surface area contributed by atoms with Crippen LogP contribution in [0.4, 0.5) is 0 Å². The van der Waals surface area contributed by atoms with E-state index in [9.17, 15) is 4.79 Å². The largest absolute Gasteiger partial charge is 0.379 e. The molecular formula is C16H16Cl2N2O2S2. The smallest absolute Gasteiger partial charge is 0.266 e. The van der Waals surface area contributed by atoms with Gasteiger partial charge in [0.1, 0.15) is 4.32 Å². The van der Waals surface area contributed by atoms with E-state index >= 15 is 0 Å². The number of benzene rings is 1. The standard InChI is InChI=1S/C16H16Cl2N2O2S2/c17-12-2-1-11(9-13(12)18)10-14-15(21)20(16(23)24-14)4-3-19-5-7-22-8-6-19/h1-2,9-10H,3-8H2. The fourth-order valence-corrected chi connectivity index (χ4v) is 4.13. The summed E-state index contributed by atoms with van der Waals surface area (Å²) in [6, 6.07) is 5.29.